The molecule has 2 aromatic rings. The van der Waals surface area contributed by atoms with Crippen LogP contribution in [-0.2, 0) is 16.1 Å². The van der Waals surface area contributed by atoms with Crippen LogP contribution in [0, 0.1) is 6.92 Å². The fourth-order valence-electron chi connectivity index (χ4n) is 3.15. The molecule has 8 heteroatoms. The third-order valence-electron chi connectivity index (χ3n) is 4.78. The molecule has 1 fully saturated rings. The first-order valence-corrected chi connectivity index (χ1v) is 10.3. The Labute approximate surface area is 201 Å². The largest absolute Gasteiger partial charge is 0.492 e. The van der Waals surface area contributed by atoms with Crippen LogP contribution in [0.25, 0.3) is 0 Å². The Hall–Kier alpha value is -2.33. The average molecular weight is 538 g/mol. The predicted molar refractivity (Wildman–Crippen MR) is 134 cm³/mol. The zero-order chi connectivity index (χ0) is 21.2. The Morgan fingerprint density at radius 1 is 1.19 bits per heavy atom. The van der Waals surface area contributed by atoms with E-state index in [9.17, 15) is 4.79 Å². The van der Waals surface area contributed by atoms with Crippen LogP contribution in [0.5, 0.6) is 5.75 Å². The number of amides is 1. The molecule has 0 aliphatic carbocycles. The van der Waals surface area contributed by atoms with Crippen molar-refractivity contribution in [3.63, 3.8) is 0 Å². The Kier molecular flexibility index (Phi) is 10.6. The van der Waals surface area contributed by atoms with Gasteiger partial charge in [-0.2, -0.15) is 0 Å². The van der Waals surface area contributed by atoms with Crippen molar-refractivity contribution < 1.29 is 14.3 Å². The van der Waals surface area contributed by atoms with Crippen molar-refractivity contribution in [1.82, 2.24) is 10.6 Å². The number of hydrogen-bond donors (Lipinski definition) is 3. The molecule has 1 heterocycles. The number of rotatable bonds is 8. The molecule has 7 nitrogen and oxygen atoms in total. The van der Waals surface area contributed by atoms with Gasteiger partial charge in [-0.15, -0.1) is 24.0 Å². The average Bonchev–Trinajstić information content (AvgIpc) is 3.30. The second-order valence-electron chi connectivity index (χ2n) is 7.21. The fraction of sp³-hybridized carbons (Fsp3) is 0.391. The molecule has 1 aliphatic heterocycles. The molecule has 1 unspecified atom stereocenters. The lowest BCUT2D eigenvalue weighted by Gasteiger charge is -2.14. The van der Waals surface area contributed by atoms with Gasteiger partial charge < -0.3 is 25.4 Å². The monoisotopic (exact) mass is 538 g/mol. The summed E-state index contributed by atoms with van der Waals surface area (Å²) in [6.07, 6.45) is 1.38. The number of benzene rings is 2. The molecular weight excluding hydrogens is 507 g/mol. The number of aliphatic imine (C=N–C) groups is 1. The number of anilines is 1. The van der Waals surface area contributed by atoms with Gasteiger partial charge in [0.15, 0.2) is 5.96 Å². The number of nitrogens with zero attached hydrogens (tertiary/aromatic N) is 1. The van der Waals surface area contributed by atoms with Gasteiger partial charge in [-0.05, 0) is 49.6 Å². The highest BCUT2D eigenvalue weighted by Gasteiger charge is 2.23. The van der Waals surface area contributed by atoms with Gasteiger partial charge >= 0.3 is 0 Å². The second kappa shape index (κ2) is 13.2. The molecular formula is C23H31IN4O3. The third-order valence-corrected chi connectivity index (χ3v) is 4.78. The van der Waals surface area contributed by atoms with Gasteiger partial charge in [0.2, 0.25) is 0 Å². The van der Waals surface area contributed by atoms with Gasteiger partial charge in [0.25, 0.3) is 5.91 Å². The van der Waals surface area contributed by atoms with Gasteiger partial charge in [-0.1, -0.05) is 29.8 Å². The summed E-state index contributed by atoms with van der Waals surface area (Å²) >= 11 is 0. The topological polar surface area (TPSA) is 84.0 Å². The molecule has 31 heavy (non-hydrogen) atoms. The fourth-order valence-corrected chi connectivity index (χ4v) is 3.15. The van der Waals surface area contributed by atoms with Crippen LogP contribution >= 0.6 is 24.0 Å². The second-order valence-corrected chi connectivity index (χ2v) is 7.21. The summed E-state index contributed by atoms with van der Waals surface area (Å²) in [5.74, 6) is 1.46. The van der Waals surface area contributed by atoms with Crippen LogP contribution < -0.4 is 20.7 Å². The van der Waals surface area contributed by atoms with Gasteiger partial charge in [-0.3, -0.25) is 9.79 Å². The van der Waals surface area contributed by atoms with E-state index in [-0.39, 0.29) is 36.0 Å². The zero-order valence-corrected chi connectivity index (χ0v) is 20.3. The lowest BCUT2D eigenvalue weighted by atomic mass is 10.2. The summed E-state index contributed by atoms with van der Waals surface area (Å²) < 4.78 is 11.2. The van der Waals surface area contributed by atoms with E-state index in [1.54, 1.807) is 7.05 Å². The Balaban J connectivity index is 0.00000341. The standard InChI is InChI=1S/C23H30N4O3.HI/c1-17-8-10-20(11-9-17)29-14-12-25-23(24-2)26-16-18-5-3-6-19(15-18)27-22(28)21-7-4-13-30-21;/h3,5-6,8-11,15,21H,4,7,12-14,16H2,1-2H3,(H,27,28)(H2,24,25,26);1H. The summed E-state index contributed by atoms with van der Waals surface area (Å²) in [5, 5.41) is 9.44. The molecule has 1 saturated heterocycles. The van der Waals surface area contributed by atoms with E-state index in [1.807, 2.05) is 48.5 Å². The lowest BCUT2D eigenvalue weighted by molar-refractivity contribution is -0.124. The highest BCUT2D eigenvalue weighted by Crippen LogP contribution is 2.16. The minimum Gasteiger partial charge on any atom is -0.492 e. The minimum atomic E-state index is -0.336. The Bertz CT molecular complexity index is 852. The molecule has 2 aromatic carbocycles. The van der Waals surface area contributed by atoms with Gasteiger partial charge in [0, 0.05) is 25.9 Å². The van der Waals surface area contributed by atoms with Crippen LogP contribution in [0.4, 0.5) is 5.69 Å². The van der Waals surface area contributed by atoms with Crippen LogP contribution in [0.15, 0.2) is 53.5 Å². The van der Waals surface area contributed by atoms with Crippen molar-refractivity contribution >= 4 is 41.5 Å². The smallest absolute Gasteiger partial charge is 0.253 e. The number of carbonyl (C=O) groups excluding carboxylic acids is 1. The maximum Gasteiger partial charge on any atom is 0.253 e. The molecule has 1 atom stereocenters. The minimum absolute atomic E-state index is 0. The molecule has 1 amide bonds. The number of ether oxygens (including phenoxy) is 2. The third kappa shape index (κ3) is 8.37. The maximum absolute atomic E-state index is 12.2. The van der Waals surface area contributed by atoms with Crippen LogP contribution in [0.3, 0.4) is 0 Å². The quantitative estimate of drug-likeness (QED) is 0.208. The first-order chi connectivity index (χ1) is 14.6. The molecule has 0 radical (unpaired) electrons. The molecule has 1 aliphatic rings. The van der Waals surface area contributed by atoms with E-state index in [0.29, 0.717) is 32.3 Å². The van der Waals surface area contributed by atoms with Gasteiger partial charge in [0.05, 0.1) is 6.54 Å². The lowest BCUT2D eigenvalue weighted by Crippen LogP contribution is -2.38. The number of aryl methyl sites for hydroxylation is 1. The van der Waals surface area contributed by atoms with Crippen molar-refractivity contribution in [2.24, 2.45) is 4.99 Å². The van der Waals surface area contributed by atoms with E-state index >= 15 is 0 Å². The number of carbonyl (C=O) groups is 1. The van der Waals surface area contributed by atoms with Gasteiger partial charge in [0.1, 0.15) is 18.5 Å². The van der Waals surface area contributed by atoms with Crippen molar-refractivity contribution in [3.8, 4) is 5.75 Å². The highest BCUT2D eigenvalue weighted by molar-refractivity contribution is 14.0. The number of hydrogen-bond acceptors (Lipinski definition) is 4. The summed E-state index contributed by atoms with van der Waals surface area (Å²) in [6.45, 7) is 4.46. The molecule has 0 saturated carbocycles. The van der Waals surface area contributed by atoms with E-state index in [0.717, 1.165) is 29.8 Å². The molecule has 3 rings (SSSR count). The van der Waals surface area contributed by atoms with E-state index in [2.05, 4.69) is 27.9 Å². The van der Waals surface area contributed by atoms with Crippen molar-refractivity contribution in [1.29, 1.82) is 0 Å². The Morgan fingerprint density at radius 3 is 2.71 bits per heavy atom. The maximum atomic E-state index is 12.2. The van der Waals surface area contributed by atoms with E-state index < -0.39 is 0 Å². The zero-order valence-electron chi connectivity index (χ0n) is 18.0. The molecule has 0 aromatic heterocycles. The summed E-state index contributed by atoms with van der Waals surface area (Å²) in [7, 11) is 1.73. The molecule has 0 bridgehead atoms. The number of halogens is 1. The SMILES string of the molecule is CN=C(NCCOc1ccc(C)cc1)NCc1cccc(NC(=O)C2CCCO2)c1.I. The van der Waals surface area contributed by atoms with E-state index in [1.165, 1.54) is 5.56 Å². The predicted octanol–water partition coefficient (Wildman–Crippen LogP) is 3.47. The summed E-state index contributed by atoms with van der Waals surface area (Å²) in [5.41, 5.74) is 3.02. The van der Waals surface area contributed by atoms with Gasteiger partial charge in [-0.25, -0.2) is 0 Å². The Morgan fingerprint density at radius 2 is 2.00 bits per heavy atom. The van der Waals surface area contributed by atoms with E-state index in [4.69, 9.17) is 9.47 Å². The normalized spacial score (nSPS) is 15.7. The summed E-state index contributed by atoms with van der Waals surface area (Å²) in [4.78, 5) is 16.4. The molecule has 3 N–H and O–H groups in total. The number of nitrogens with one attached hydrogen (secondary N) is 3. The first-order valence-electron chi connectivity index (χ1n) is 10.3. The van der Waals surface area contributed by atoms with Crippen LogP contribution in [0.2, 0.25) is 0 Å². The van der Waals surface area contributed by atoms with Crippen LogP contribution in [0.1, 0.15) is 24.0 Å². The highest BCUT2D eigenvalue weighted by atomic mass is 127. The van der Waals surface area contributed by atoms with Crippen molar-refractivity contribution in [3.05, 3.63) is 59.7 Å². The molecule has 168 valence electrons. The number of guanidine groups is 1. The molecule has 0 spiro atoms. The van der Waals surface area contributed by atoms with Crippen molar-refractivity contribution in [2.75, 3.05) is 32.1 Å². The summed E-state index contributed by atoms with van der Waals surface area (Å²) in [6, 6.07) is 15.7. The first kappa shape index (κ1) is 24.9. The van der Waals surface area contributed by atoms with Crippen molar-refractivity contribution in [2.45, 2.75) is 32.4 Å². The van der Waals surface area contributed by atoms with Crippen LogP contribution in [-0.4, -0.2) is 44.8 Å².